The summed E-state index contributed by atoms with van der Waals surface area (Å²) >= 11 is 1.19. The van der Waals surface area contributed by atoms with Crippen molar-refractivity contribution >= 4 is 39.1 Å². The van der Waals surface area contributed by atoms with Crippen molar-refractivity contribution in [1.82, 2.24) is 10.1 Å². The van der Waals surface area contributed by atoms with E-state index in [2.05, 4.69) is 15.5 Å². The highest BCUT2D eigenvalue weighted by Crippen LogP contribution is 2.38. The number of hydrogen-bond acceptors (Lipinski definition) is 7. The molecule has 0 atom stereocenters. The topological polar surface area (TPSA) is 94.3 Å². The molecular formula is C16H15N3O4S. The Morgan fingerprint density at radius 1 is 1.38 bits per heavy atom. The summed E-state index contributed by atoms with van der Waals surface area (Å²) < 4.78 is 9.96. The van der Waals surface area contributed by atoms with Gasteiger partial charge in [-0.3, -0.25) is 4.79 Å². The number of aromatic nitrogens is 2. The van der Waals surface area contributed by atoms with Crippen molar-refractivity contribution in [1.29, 1.82) is 0 Å². The summed E-state index contributed by atoms with van der Waals surface area (Å²) in [7, 11) is 0. The van der Waals surface area contributed by atoms with Crippen LogP contribution in [-0.2, 0) is 4.74 Å². The summed E-state index contributed by atoms with van der Waals surface area (Å²) in [5.74, 6) is -0.926. The van der Waals surface area contributed by atoms with Gasteiger partial charge in [-0.1, -0.05) is 5.16 Å². The lowest BCUT2D eigenvalue weighted by Crippen LogP contribution is -2.14. The van der Waals surface area contributed by atoms with Crippen molar-refractivity contribution in [2.75, 3.05) is 11.9 Å². The third kappa shape index (κ3) is 2.88. The summed E-state index contributed by atoms with van der Waals surface area (Å²) in [6, 6.07) is 3.34. The molecule has 0 fully saturated rings. The Balaban J connectivity index is 2.13. The molecule has 0 saturated heterocycles. The van der Waals surface area contributed by atoms with E-state index < -0.39 is 11.9 Å². The lowest BCUT2D eigenvalue weighted by molar-refractivity contribution is 0.0533. The van der Waals surface area contributed by atoms with Gasteiger partial charge in [-0.25, -0.2) is 9.78 Å². The van der Waals surface area contributed by atoms with Gasteiger partial charge in [0, 0.05) is 17.1 Å². The molecular weight excluding hydrogens is 330 g/mol. The molecule has 3 aromatic heterocycles. The molecule has 0 radical (unpaired) electrons. The molecule has 24 heavy (non-hydrogen) atoms. The highest BCUT2D eigenvalue weighted by molar-refractivity contribution is 7.21. The Morgan fingerprint density at radius 3 is 2.83 bits per heavy atom. The van der Waals surface area contributed by atoms with Crippen LogP contribution in [0.1, 0.15) is 38.4 Å². The minimum atomic E-state index is -0.495. The Morgan fingerprint density at radius 2 is 2.17 bits per heavy atom. The third-order valence-electron chi connectivity index (χ3n) is 3.35. The van der Waals surface area contributed by atoms with Crippen LogP contribution in [0.2, 0.25) is 0 Å². The van der Waals surface area contributed by atoms with E-state index in [1.54, 1.807) is 6.92 Å². The fourth-order valence-corrected chi connectivity index (χ4v) is 3.55. The lowest BCUT2D eigenvalue weighted by Gasteiger charge is -2.07. The second kappa shape index (κ2) is 6.40. The number of amides is 1. The first-order valence-corrected chi connectivity index (χ1v) is 8.12. The van der Waals surface area contributed by atoms with Crippen LogP contribution >= 0.6 is 11.3 Å². The van der Waals surface area contributed by atoms with Crippen LogP contribution in [0.15, 0.2) is 22.9 Å². The number of ether oxygens (including phenoxy) is 1. The number of anilines is 1. The van der Waals surface area contributed by atoms with Gasteiger partial charge in [0.2, 0.25) is 5.76 Å². The molecule has 0 saturated carbocycles. The first kappa shape index (κ1) is 16.1. The number of pyridine rings is 1. The van der Waals surface area contributed by atoms with Crippen molar-refractivity contribution in [2.45, 2.75) is 20.8 Å². The number of hydrogen-bond donors (Lipinski definition) is 1. The molecule has 8 heteroatoms. The van der Waals surface area contributed by atoms with Crippen molar-refractivity contribution in [3.05, 3.63) is 40.2 Å². The quantitative estimate of drug-likeness (QED) is 0.729. The molecule has 0 unspecified atom stereocenters. The maximum atomic E-state index is 12.3. The second-order valence-electron chi connectivity index (χ2n) is 5.12. The molecule has 0 aliphatic rings. The Labute approximate surface area is 141 Å². The maximum absolute atomic E-state index is 12.3. The van der Waals surface area contributed by atoms with Crippen LogP contribution < -0.4 is 5.32 Å². The van der Waals surface area contributed by atoms with E-state index in [9.17, 15) is 9.59 Å². The molecule has 0 aliphatic heterocycles. The maximum Gasteiger partial charge on any atom is 0.350 e. The van der Waals surface area contributed by atoms with E-state index in [0.717, 1.165) is 16.6 Å². The highest BCUT2D eigenvalue weighted by atomic mass is 32.1. The fourth-order valence-electron chi connectivity index (χ4n) is 2.41. The van der Waals surface area contributed by atoms with Gasteiger partial charge in [-0.2, -0.15) is 0 Å². The Bertz CT molecular complexity index is 915. The average molecular weight is 345 g/mol. The Kier molecular flexibility index (Phi) is 4.30. The highest BCUT2D eigenvalue weighted by Gasteiger charge is 2.24. The first-order valence-electron chi connectivity index (χ1n) is 7.31. The van der Waals surface area contributed by atoms with Crippen LogP contribution in [0.4, 0.5) is 5.69 Å². The van der Waals surface area contributed by atoms with E-state index in [0.29, 0.717) is 15.4 Å². The number of nitrogens with one attached hydrogen (secondary N) is 1. The van der Waals surface area contributed by atoms with E-state index in [4.69, 9.17) is 9.26 Å². The predicted octanol–water partition coefficient (Wildman–Crippen LogP) is 3.33. The molecule has 3 aromatic rings. The molecule has 0 bridgehead atoms. The molecule has 1 N–H and O–H groups in total. The summed E-state index contributed by atoms with van der Waals surface area (Å²) in [6.07, 6.45) is 1.38. The van der Waals surface area contributed by atoms with Crippen LogP contribution in [0.25, 0.3) is 10.2 Å². The van der Waals surface area contributed by atoms with E-state index in [1.165, 1.54) is 23.6 Å². The molecule has 1 amide bonds. The normalized spacial score (nSPS) is 10.8. The first-order chi connectivity index (χ1) is 11.5. The second-order valence-corrected chi connectivity index (χ2v) is 6.12. The van der Waals surface area contributed by atoms with E-state index >= 15 is 0 Å². The van der Waals surface area contributed by atoms with Gasteiger partial charge < -0.3 is 14.6 Å². The van der Waals surface area contributed by atoms with Gasteiger partial charge in [0.1, 0.15) is 9.71 Å². The SMILES string of the molecule is CCOC(=O)c1sc2nc(C)cc(C)c2c1NC(=O)c1ccno1. The summed E-state index contributed by atoms with van der Waals surface area (Å²) in [4.78, 5) is 30.0. The number of aryl methyl sites for hydroxylation is 2. The van der Waals surface area contributed by atoms with Crippen molar-refractivity contribution < 1.29 is 18.8 Å². The number of thiophene rings is 1. The standard InChI is InChI=1S/C16H15N3O4S/c1-4-22-16(21)13-12(19-14(20)10-5-6-17-23-10)11-8(2)7-9(3)18-15(11)24-13/h5-7H,4H2,1-3H3,(H,19,20). The minimum Gasteiger partial charge on any atom is -0.462 e. The predicted molar refractivity (Wildman–Crippen MR) is 89.5 cm³/mol. The van der Waals surface area contributed by atoms with E-state index in [-0.39, 0.29) is 12.4 Å². The number of carbonyl (C=O) groups excluding carboxylic acids is 2. The zero-order valence-corrected chi connectivity index (χ0v) is 14.2. The van der Waals surface area contributed by atoms with Gasteiger partial charge in [0.15, 0.2) is 0 Å². The largest absolute Gasteiger partial charge is 0.462 e. The van der Waals surface area contributed by atoms with Crippen molar-refractivity contribution in [3.8, 4) is 0 Å². The smallest absolute Gasteiger partial charge is 0.350 e. The summed E-state index contributed by atoms with van der Waals surface area (Å²) in [6.45, 7) is 5.76. The average Bonchev–Trinajstić information content (AvgIpc) is 3.15. The van der Waals surface area contributed by atoms with Crippen LogP contribution in [0, 0.1) is 13.8 Å². The molecule has 0 aromatic carbocycles. The van der Waals surface area contributed by atoms with Gasteiger partial charge in [-0.15, -0.1) is 11.3 Å². The number of nitrogens with zero attached hydrogens (tertiary/aromatic N) is 2. The lowest BCUT2D eigenvalue weighted by atomic mass is 10.1. The van der Waals surface area contributed by atoms with Crippen molar-refractivity contribution in [2.24, 2.45) is 0 Å². The van der Waals surface area contributed by atoms with Gasteiger partial charge in [0.25, 0.3) is 5.91 Å². The van der Waals surface area contributed by atoms with Gasteiger partial charge >= 0.3 is 5.97 Å². The van der Waals surface area contributed by atoms with Crippen molar-refractivity contribution in [3.63, 3.8) is 0 Å². The molecule has 3 heterocycles. The van der Waals surface area contributed by atoms with Crippen LogP contribution in [0.3, 0.4) is 0 Å². The fraction of sp³-hybridized carbons (Fsp3) is 0.250. The monoisotopic (exact) mass is 345 g/mol. The van der Waals surface area contributed by atoms with Crippen LogP contribution in [-0.4, -0.2) is 28.6 Å². The molecule has 7 nitrogen and oxygen atoms in total. The zero-order chi connectivity index (χ0) is 17.3. The zero-order valence-electron chi connectivity index (χ0n) is 13.4. The number of fused-ring (bicyclic) bond motifs is 1. The van der Waals surface area contributed by atoms with E-state index in [1.807, 2.05) is 19.9 Å². The summed E-state index contributed by atoms with van der Waals surface area (Å²) in [5, 5.41) is 6.97. The molecule has 3 rings (SSSR count). The summed E-state index contributed by atoms with van der Waals surface area (Å²) in [5.41, 5.74) is 2.14. The number of esters is 1. The number of carbonyl (C=O) groups is 2. The third-order valence-corrected chi connectivity index (χ3v) is 4.41. The molecule has 0 aliphatic carbocycles. The Hall–Kier alpha value is -2.74. The molecule has 124 valence electrons. The van der Waals surface area contributed by atoms with Gasteiger partial charge in [-0.05, 0) is 32.4 Å². The number of rotatable bonds is 4. The molecule has 0 spiro atoms. The minimum absolute atomic E-state index is 0.0573. The van der Waals surface area contributed by atoms with Gasteiger partial charge in [0.05, 0.1) is 18.5 Å². The van der Waals surface area contributed by atoms with Crippen LogP contribution in [0.5, 0.6) is 0 Å².